The van der Waals surface area contributed by atoms with Crippen LogP contribution in [0.3, 0.4) is 0 Å². The van der Waals surface area contributed by atoms with Gasteiger partial charge < -0.3 is 19.4 Å². The lowest BCUT2D eigenvalue weighted by Gasteiger charge is -2.22. The molecule has 10 heteroatoms. The van der Waals surface area contributed by atoms with Crippen molar-refractivity contribution in [1.82, 2.24) is 19.6 Å². The molecular weight excluding hydrogens is 456 g/mol. The number of aryl methyl sites for hydroxylation is 1. The predicted octanol–water partition coefficient (Wildman–Crippen LogP) is 2.84. The molecular formula is C24H30N4O5S. The number of imidazole rings is 1. The van der Waals surface area contributed by atoms with E-state index in [0.29, 0.717) is 37.1 Å². The monoisotopic (exact) mass is 486 g/mol. The van der Waals surface area contributed by atoms with Crippen LogP contribution in [0.4, 0.5) is 0 Å². The SMILES string of the molecule is CCn1c(CNC(=O)C(NS(=O)(=O)c2ccc3c(c2)OCCCO3)C(C)C)nc2ccccc21. The van der Waals surface area contributed by atoms with Crippen LogP contribution in [0.25, 0.3) is 11.0 Å². The Bertz CT molecular complexity index is 1290. The first-order valence-electron chi connectivity index (χ1n) is 11.4. The maximum absolute atomic E-state index is 13.1. The molecule has 0 aliphatic carbocycles. The van der Waals surface area contributed by atoms with E-state index in [-0.39, 0.29) is 17.4 Å². The molecule has 182 valence electrons. The van der Waals surface area contributed by atoms with Gasteiger partial charge in [0.1, 0.15) is 11.9 Å². The van der Waals surface area contributed by atoms with Crippen LogP contribution in [-0.4, -0.2) is 43.1 Å². The smallest absolute Gasteiger partial charge is 0.241 e. The second kappa shape index (κ2) is 10.0. The number of carbonyl (C=O) groups is 1. The average molecular weight is 487 g/mol. The zero-order valence-electron chi connectivity index (χ0n) is 19.6. The summed E-state index contributed by atoms with van der Waals surface area (Å²) in [5.41, 5.74) is 1.84. The third-order valence-electron chi connectivity index (χ3n) is 5.73. The van der Waals surface area contributed by atoms with Gasteiger partial charge in [-0.05, 0) is 37.1 Å². The number of carbonyl (C=O) groups excluding carboxylic acids is 1. The summed E-state index contributed by atoms with van der Waals surface area (Å²) < 4.78 is 42.0. The van der Waals surface area contributed by atoms with E-state index < -0.39 is 22.0 Å². The van der Waals surface area contributed by atoms with Crippen LogP contribution in [0, 0.1) is 5.92 Å². The third-order valence-corrected chi connectivity index (χ3v) is 7.17. The van der Waals surface area contributed by atoms with E-state index in [1.54, 1.807) is 19.9 Å². The van der Waals surface area contributed by atoms with Gasteiger partial charge in [0.15, 0.2) is 11.5 Å². The van der Waals surface area contributed by atoms with Crippen molar-refractivity contribution in [3.8, 4) is 11.5 Å². The van der Waals surface area contributed by atoms with Crippen LogP contribution < -0.4 is 19.5 Å². The molecule has 1 aliphatic rings. The molecule has 0 saturated carbocycles. The second-order valence-electron chi connectivity index (χ2n) is 8.48. The van der Waals surface area contributed by atoms with Crippen LogP contribution in [0.1, 0.15) is 33.0 Å². The zero-order chi connectivity index (χ0) is 24.3. The van der Waals surface area contributed by atoms with Gasteiger partial charge in [-0.25, -0.2) is 13.4 Å². The van der Waals surface area contributed by atoms with Gasteiger partial charge >= 0.3 is 0 Å². The van der Waals surface area contributed by atoms with Crippen molar-refractivity contribution in [2.45, 2.75) is 51.2 Å². The first-order chi connectivity index (χ1) is 16.3. The highest BCUT2D eigenvalue weighted by Crippen LogP contribution is 2.32. The summed E-state index contributed by atoms with van der Waals surface area (Å²) in [5, 5.41) is 2.85. The lowest BCUT2D eigenvalue weighted by atomic mass is 10.1. The fraction of sp³-hybridized carbons (Fsp3) is 0.417. The Kier molecular flexibility index (Phi) is 7.08. The number of aromatic nitrogens is 2. The van der Waals surface area contributed by atoms with Gasteiger partial charge in [-0.1, -0.05) is 26.0 Å². The summed E-state index contributed by atoms with van der Waals surface area (Å²) in [6.07, 6.45) is 0.719. The molecule has 2 N–H and O–H groups in total. The number of para-hydroxylation sites is 2. The van der Waals surface area contributed by atoms with E-state index >= 15 is 0 Å². The third kappa shape index (κ3) is 5.02. The minimum Gasteiger partial charge on any atom is -0.490 e. The highest BCUT2D eigenvalue weighted by molar-refractivity contribution is 7.89. The molecule has 34 heavy (non-hydrogen) atoms. The molecule has 1 aliphatic heterocycles. The Morgan fingerprint density at radius 1 is 1.12 bits per heavy atom. The molecule has 2 heterocycles. The van der Waals surface area contributed by atoms with Gasteiger partial charge in [0, 0.05) is 19.0 Å². The topological polar surface area (TPSA) is 112 Å². The van der Waals surface area contributed by atoms with Crippen molar-refractivity contribution in [1.29, 1.82) is 0 Å². The number of benzene rings is 2. The largest absolute Gasteiger partial charge is 0.490 e. The lowest BCUT2D eigenvalue weighted by Crippen LogP contribution is -2.49. The van der Waals surface area contributed by atoms with Crippen molar-refractivity contribution in [2.24, 2.45) is 5.92 Å². The molecule has 4 rings (SSSR count). The highest BCUT2D eigenvalue weighted by atomic mass is 32.2. The number of nitrogens with one attached hydrogen (secondary N) is 2. The van der Waals surface area contributed by atoms with Crippen LogP contribution in [0.15, 0.2) is 47.4 Å². The highest BCUT2D eigenvalue weighted by Gasteiger charge is 2.29. The van der Waals surface area contributed by atoms with Crippen molar-refractivity contribution in [3.05, 3.63) is 48.3 Å². The molecule has 0 spiro atoms. The Balaban J connectivity index is 1.50. The van der Waals surface area contributed by atoms with Crippen molar-refractivity contribution in [2.75, 3.05) is 13.2 Å². The second-order valence-corrected chi connectivity index (χ2v) is 10.2. The number of sulfonamides is 1. The first kappa shape index (κ1) is 24.0. The number of nitrogens with zero attached hydrogens (tertiary/aromatic N) is 2. The standard InChI is InChI=1S/C24H30N4O5S/c1-4-28-19-9-6-5-8-18(19)26-22(28)15-25-24(29)23(16(2)3)27-34(30,31)17-10-11-20-21(14-17)33-13-7-12-32-20/h5-6,8-11,14,16,23,27H,4,7,12-13,15H2,1-3H3,(H,25,29). The Morgan fingerprint density at radius 3 is 2.59 bits per heavy atom. The number of fused-ring (bicyclic) bond motifs is 2. The number of ether oxygens (including phenoxy) is 2. The number of rotatable bonds is 8. The molecule has 1 amide bonds. The Labute approximate surface area is 199 Å². The average Bonchev–Trinajstić information content (AvgIpc) is 3.00. The van der Waals surface area contributed by atoms with Crippen molar-refractivity contribution < 1.29 is 22.7 Å². The molecule has 0 radical (unpaired) electrons. The molecule has 2 aromatic carbocycles. The zero-order valence-corrected chi connectivity index (χ0v) is 20.4. The Morgan fingerprint density at radius 2 is 1.85 bits per heavy atom. The maximum Gasteiger partial charge on any atom is 0.241 e. The van der Waals surface area contributed by atoms with Gasteiger partial charge in [0.05, 0.1) is 35.7 Å². The summed E-state index contributed by atoms with van der Waals surface area (Å²) in [7, 11) is -3.98. The van der Waals surface area contributed by atoms with Crippen molar-refractivity contribution >= 4 is 27.0 Å². The van der Waals surface area contributed by atoms with Crippen LogP contribution in [0.5, 0.6) is 11.5 Å². The molecule has 3 aromatic rings. The van der Waals surface area contributed by atoms with Crippen molar-refractivity contribution in [3.63, 3.8) is 0 Å². The minimum atomic E-state index is -3.98. The van der Waals surface area contributed by atoms with Gasteiger partial charge in [-0.2, -0.15) is 4.72 Å². The molecule has 0 fully saturated rings. The molecule has 9 nitrogen and oxygen atoms in total. The number of amides is 1. The maximum atomic E-state index is 13.1. The van der Waals surface area contributed by atoms with E-state index in [0.717, 1.165) is 17.5 Å². The summed E-state index contributed by atoms with van der Waals surface area (Å²) in [4.78, 5) is 17.7. The fourth-order valence-corrected chi connectivity index (χ4v) is 5.29. The van der Waals surface area contributed by atoms with Crippen LogP contribution in [-0.2, 0) is 27.9 Å². The van der Waals surface area contributed by atoms with Gasteiger partial charge in [0.2, 0.25) is 15.9 Å². The fourth-order valence-electron chi connectivity index (χ4n) is 3.93. The predicted molar refractivity (Wildman–Crippen MR) is 128 cm³/mol. The molecule has 1 unspecified atom stereocenters. The first-order valence-corrected chi connectivity index (χ1v) is 12.9. The van der Waals surface area contributed by atoms with E-state index in [2.05, 4.69) is 15.0 Å². The summed E-state index contributed by atoms with van der Waals surface area (Å²) >= 11 is 0. The normalized spacial score (nSPS) is 14.7. The van der Waals surface area contributed by atoms with Gasteiger partial charge in [0.25, 0.3) is 0 Å². The van der Waals surface area contributed by atoms with E-state index in [9.17, 15) is 13.2 Å². The van der Waals surface area contributed by atoms with E-state index in [4.69, 9.17) is 9.47 Å². The minimum absolute atomic E-state index is 0.0166. The van der Waals surface area contributed by atoms with E-state index in [1.807, 2.05) is 35.8 Å². The van der Waals surface area contributed by atoms with Crippen LogP contribution >= 0.6 is 0 Å². The summed E-state index contributed by atoms with van der Waals surface area (Å²) in [6.45, 7) is 7.46. The van der Waals surface area contributed by atoms with E-state index in [1.165, 1.54) is 12.1 Å². The Hall–Kier alpha value is -3.11. The summed E-state index contributed by atoms with van der Waals surface area (Å²) in [5.74, 6) is 0.908. The molecule has 0 bridgehead atoms. The summed E-state index contributed by atoms with van der Waals surface area (Å²) in [6, 6.07) is 11.3. The lowest BCUT2D eigenvalue weighted by molar-refractivity contribution is -0.123. The van der Waals surface area contributed by atoms with Crippen LogP contribution in [0.2, 0.25) is 0 Å². The molecule has 1 aromatic heterocycles. The number of hydrogen-bond acceptors (Lipinski definition) is 6. The quantitative estimate of drug-likeness (QED) is 0.507. The molecule has 1 atom stereocenters. The molecule has 0 saturated heterocycles. The van der Waals surface area contributed by atoms with Gasteiger partial charge in [-0.15, -0.1) is 0 Å². The number of hydrogen-bond donors (Lipinski definition) is 2. The van der Waals surface area contributed by atoms with Gasteiger partial charge in [-0.3, -0.25) is 4.79 Å².